The van der Waals surface area contributed by atoms with E-state index in [4.69, 9.17) is 0 Å². The van der Waals surface area contributed by atoms with Gasteiger partial charge in [0.1, 0.15) is 0 Å². The highest BCUT2D eigenvalue weighted by Crippen LogP contribution is 2.44. The van der Waals surface area contributed by atoms with E-state index in [0.29, 0.717) is 11.9 Å². The minimum absolute atomic E-state index is 0.0359. The molecule has 5 unspecified atom stereocenters. The van der Waals surface area contributed by atoms with Gasteiger partial charge in [0.15, 0.2) is 0 Å². The molecule has 1 aliphatic heterocycles. The molecule has 0 aromatic carbocycles. The fourth-order valence-corrected chi connectivity index (χ4v) is 4.38. The van der Waals surface area contributed by atoms with Gasteiger partial charge < -0.3 is 10.2 Å². The van der Waals surface area contributed by atoms with Crippen LogP contribution in [0.3, 0.4) is 0 Å². The number of fused-ring (bicyclic) bond motifs is 2. The molecule has 3 heteroatoms. The minimum Gasteiger partial charge on any atom is -0.341 e. The number of amides is 1. The molecule has 20 heavy (non-hydrogen) atoms. The van der Waals surface area contributed by atoms with Crippen LogP contribution in [0, 0.1) is 17.8 Å². The maximum Gasteiger partial charge on any atom is 0.239 e. The molecule has 3 rings (SSSR count). The Hall–Kier alpha value is -0.830. The Labute approximate surface area is 122 Å². The minimum atomic E-state index is -0.0359. The molecule has 5 atom stereocenters. The van der Waals surface area contributed by atoms with E-state index >= 15 is 0 Å². The van der Waals surface area contributed by atoms with Gasteiger partial charge in [-0.15, -0.1) is 0 Å². The summed E-state index contributed by atoms with van der Waals surface area (Å²) in [5.74, 6) is 2.58. The van der Waals surface area contributed by atoms with Gasteiger partial charge in [-0.3, -0.25) is 4.79 Å². The summed E-state index contributed by atoms with van der Waals surface area (Å²) in [4.78, 5) is 14.5. The van der Waals surface area contributed by atoms with Gasteiger partial charge in [-0.2, -0.15) is 0 Å². The molecule has 2 bridgehead atoms. The van der Waals surface area contributed by atoms with E-state index in [-0.39, 0.29) is 6.04 Å². The Morgan fingerprint density at radius 3 is 2.50 bits per heavy atom. The predicted octanol–water partition coefficient (Wildman–Crippen LogP) is 2.58. The Kier molecular flexibility index (Phi) is 4.16. The number of rotatable bonds is 4. The van der Waals surface area contributed by atoms with Gasteiger partial charge in [0.2, 0.25) is 5.91 Å². The first-order valence-corrected chi connectivity index (χ1v) is 8.38. The molecule has 1 saturated heterocycles. The number of carbonyl (C=O) groups is 1. The van der Waals surface area contributed by atoms with Gasteiger partial charge in [0.25, 0.3) is 0 Å². The van der Waals surface area contributed by atoms with Crippen molar-refractivity contribution in [3.05, 3.63) is 12.2 Å². The summed E-state index contributed by atoms with van der Waals surface area (Å²) >= 11 is 0. The van der Waals surface area contributed by atoms with E-state index in [1.807, 2.05) is 6.92 Å². The topological polar surface area (TPSA) is 32.3 Å². The smallest absolute Gasteiger partial charge is 0.239 e. The van der Waals surface area contributed by atoms with Crippen molar-refractivity contribution in [2.24, 2.45) is 17.8 Å². The van der Waals surface area contributed by atoms with Crippen LogP contribution in [0.2, 0.25) is 0 Å². The Morgan fingerprint density at radius 1 is 1.15 bits per heavy atom. The van der Waals surface area contributed by atoms with Crippen molar-refractivity contribution in [1.29, 1.82) is 0 Å². The van der Waals surface area contributed by atoms with Crippen LogP contribution < -0.4 is 5.32 Å². The normalized spacial score (nSPS) is 35.3. The van der Waals surface area contributed by atoms with Crippen LogP contribution >= 0.6 is 0 Å². The summed E-state index contributed by atoms with van der Waals surface area (Å²) in [5.41, 5.74) is 0. The molecule has 1 saturated carbocycles. The third kappa shape index (κ3) is 2.78. The van der Waals surface area contributed by atoms with Crippen molar-refractivity contribution in [3.63, 3.8) is 0 Å². The van der Waals surface area contributed by atoms with Crippen LogP contribution in [-0.2, 0) is 4.79 Å². The number of hydrogen-bond donors (Lipinski definition) is 1. The molecule has 3 aliphatic rings. The molecule has 0 spiro atoms. The fraction of sp³-hybridized carbons (Fsp3) is 0.824. The summed E-state index contributed by atoms with van der Waals surface area (Å²) in [7, 11) is 0. The zero-order valence-corrected chi connectivity index (χ0v) is 12.8. The van der Waals surface area contributed by atoms with Crippen LogP contribution in [0.4, 0.5) is 0 Å². The third-order valence-corrected chi connectivity index (χ3v) is 5.52. The average molecular weight is 276 g/mol. The maximum atomic E-state index is 12.5. The number of nitrogens with one attached hydrogen (secondary N) is 1. The van der Waals surface area contributed by atoms with Gasteiger partial charge in [-0.25, -0.2) is 0 Å². The molecular formula is C17H28N2O. The van der Waals surface area contributed by atoms with Gasteiger partial charge in [-0.1, -0.05) is 12.2 Å². The number of piperidine rings is 1. The van der Waals surface area contributed by atoms with E-state index in [1.54, 1.807) is 0 Å². The molecule has 1 N–H and O–H groups in total. The molecule has 1 amide bonds. The lowest BCUT2D eigenvalue weighted by Crippen LogP contribution is -2.51. The molecule has 0 aromatic heterocycles. The Morgan fingerprint density at radius 2 is 1.90 bits per heavy atom. The van der Waals surface area contributed by atoms with E-state index in [1.165, 1.54) is 32.1 Å². The van der Waals surface area contributed by atoms with Crippen LogP contribution in [0.1, 0.15) is 46.0 Å². The molecule has 0 aromatic rings. The third-order valence-electron chi connectivity index (χ3n) is 5.52. The van der Waals surface area contributed by atoms with E-state index < -0.39 is 0 Å². The van der Waals surface area contributed by atoms with Crippen LogP contribution in [0.15, 0.2) is 12.2 Å². The van der Waals surface area contributed by atoms with Crippen molar-refractivity contribution in [3.8, 4) is 0 Å². The van der Waals surface area contributed by atoms with Crippen LogP contribution in [0.5, 0.6) is 0 Å². The fourth-order valence-electron chi connectivity index (χ4n) is 4.38. The molecule has 2 aliphatic carbocycles. The summed E-state index contributed by atoms with van der Waals surface area (Å²) in [5, 5.41) is 3.58. The molecule has 2 fully saturated rings. The van der Waals surface area contributed by atoms with Crippen molar-refractivity contribution in [2.45, 2.75) is 58.0 Å². The zero-order valence-electron chi connectivity index (χ0n) is 12.8. The molecule has 112 valence electrons. The number of nitrogens with zero attached hydrogens (tertiary/aromatic N) is 1. The lowest BCUT2D eigenvalue weighted by atomic mass is 9.87. The van der Waals surface area contributed by atoms with E-state index in [0.717, 1.165) is 30.8 Å². The Balaban J connectivity index is 1.51. The lowest BCUT2D eigenvalue weighted by Gasteiger charge is -2.33. The van der Waals surface area contributed by atoms with Crippen molar-refractivity contribution in [2.75, 3.05) is 13.1 Å². The second-order valence-electron chi connectivity index (χ2n) is 7.01. The number of carbonyl (C=O) groups excluding carboxylic acids is 1. The highest BCUT2D eigenvalue weighted by atomic mass is 16.2. The van der Waals surface area contributed by atoms with Gasteiger partial charge in [-0.05, 0) is 63.7 Å². The number of allylic oxidation sites excluding steroid dienone is 2. The van der Waals surface area contributed by atoms with E-state index in [9.17, 15) is 4.79 Å². The standard InChI is InChI=1S/C17H28N2O/c1-12(16-11-14-6-7-15(16)10-14)18-13(2)17(20)19-8-4-3-5-9-19/h6-7,12-16,18H,3-5,8-11H2,1-2H3. The quantitative estimate of drug-likeness (QED) is 0.800. The van der Waals surface area contributed by atoms with Gasteiger partial charge in [0, 0.05) is 19.1 Å². The molecule has 0 radical (unpaired) electrons. The number of hydrogen-bond acceptors (Lipinski definition) is 2. The first-order chi connectivity index (χ1) is 9.65. The lowest BCUT2D eigenvalue weighted by molar-refractivity contribution is -0.134. The van der Waals surface area contributed by atoms with Crippen LogP contribution in [-0.4, -0.2) is 36.0 Å². The maximum absolute atomic E-state index is 12.5. The average Bonchev–Trinajstić information content (AvgIpc) is 3.10. The highest BCUT2D eigenvalue weighted by molar-refractivity contribution is 5.81. The van der Waals surface area contributed by atoms with E-state index in [2.05, 4.69) is 29.3 Å². The molecular weight excluding hydrogens is 248 g/mol. The zero-order chi connectivity index (χ0) is 14.1. The predicted molar refractivity (Wildman–Crippen MR) is 81.3 cm³/mol. The highest BCUT2D eigenvalue weighted by Gasteiger charge is 2.39. The largest absolute Gasteiger partial charge is 0.341 e. The summed E-state index contributed by atoms with van der Waals surface area (Å²) in [6.45, 7) is 6.21. The molecule has 1 heterocycles. The van der Waals surface area contributed by atoms with Crippen molar-refractivity contribution >= 4 is 5.91 Å². The summed E-state index contributed by atoms with van der Waals surface area (Å²) in [6, 6.07) is 0.407. The second kappa shape index (κ2) is 5.88. The summed E-state index contributed by atoms with van der Waals surface area (Å²) in [6.07, 6.45) is 11.0. The summed E-state index contributed by atoms with van der Waals surface area (Å²) < 4.78 is 0. The van der Waals surface area contributed by atoms with Crippen molar-refractivity contribution < 1.29 is 4.79 Å². The van der Waals surface area contributed by atoms with Gasteiger partial charge >= 0.3 is 0 Å². The SMILES string of the molecule is CC(NC(C)C1CC2C=CC1C2)C(=O)N1CCCCC1. The second-order valence-corrected chi connectivity index (χ2v) is 7.01. The van der Waals surface area contributed by atoms with Crippen LogP contribution in [0.25, 0.3) is 0 Å². The first-order valence-electron chi connectivity index (χ1n) is 8.38. The first kappa shape index (κ1) is 14.1. The monoisotopic (exact) mass is 276 g/mol. The van der Waals surface area contributed by atoms with Gasteiger partial charge in [0.05, 0.1) is 6.04 Å². The molecule has 3 nitrogen and oxygen atoms in total. The number of likely N-dealkylation sites (tertiary alicyclic amines) is 1. The van der Waals surface area contributed by atoms with Crippen molar-refractivity contribution in [1.82, 2.24) is 10.2 Å². The Bertz CT molecular complexity index is 386.